The van der Waals surface area contributed by atoms with Crippen LogP contribution in [-0.4, -0.2) is 47.6 Å². The van der Waals surface area contributed by atoms with E-state index < -0.39 is 24.1 Å². The Labute approximate surface area is 118 Å². The van der Waals surface area contributed by atoms with E-state index in [0.717, 1.165) is 11.1 Å². The molecule has 0 fully saturated rings. The standard InChI is InChI=1S/C14H22O6/c1-9(2)5-7-19-13(17)11(15)12(16)14(18)20-8-6-10(3)4/h5-6,11-12,15-16H,7-8H2,1-4H3. The number of aliphatic hydroxyl groups excluding tert-OH is 2. The smallest absolute Gasteiger partial charge is 0.338 e. The summed E-state index contributed by atoms with van der Waals surface area (Å²) >= 11 is 0. The molecule has 0 aromatic heterocycles. The van der Waals surface area contributed by atoms with Crippen LogP contribution >= 0.6 is 0 Å². The van der Waals surface area contributed by atoms with Gasteiger partial charge in [-0.2, -0.15) is 0 Å². The van der Waals surface area contributed by atoms with Gasteiger partial charge in [-0.25, -0.2) is 9.59 Å². The zero-order valence-corrected chi connectivity index (χ0v) is 12.3. The summed E-state index contributed by atoms with van der Waals surface area (Å²) in [6, 6.07) is 0. The predicted octanol–water partition coefficient (Wildman–Crippen LogP) is 0.727. The first-order valence-electron chi connectivity index (χ1n) is 6.21. The van der Waals surface area contributed by atoms with Gasteiger partial charge < -0.3 is 19.7 Å². The Hall–Kier alpha value is -1.66. The molecule has 0 aliphatic heterocycles. The number of esters is 2. The van der Waals surface area contributed by atoms with E-state index in [1.54, 1.807) is 12.2 Å². The fourth-order valence-corrected chi connectivity index (χ4v) is 1.01. The molecule has 2 atom stereocenters. The molecule has 2 N–H and O–H groups in total. The summed E-state index contributed by atoms with van der Waals surface area (Å²) < 4.78 is 9.37. The van der Waals surface area contributed by atoms with Crippen molar-refractivity contribution in [1.82, 2.24) is 0 Å². The molecule has 0 spiro atoms. The number of ether oxygens (including phenoxy) is 2. The van der Waals surface area contributed by atoms with E-state index in [-0.39, 0.29) is 13.2 Å². The molecule has 0 aromatic rings. The van der Waals surface area contributed by atoms with Crippen molar-refractivity contribution in [2.24, 2.45) is 0 Å². The lowest BCUT2D eigenvalue weighted by molar-refractivity contribution is -0.171. The molecule has 0 amide bonds. The van der Waals surface area contributed by atoms with Crippen molar-refractivity contribution in [3.63, 3.8) is 0 Å². The van der Waals surface area contributed by atoms with Crippen molar-refractivity contribution in [1.29, 1.82) is 0 Å². The number of aliphatic hydroxyl groups is 2. The van der Waals surface area contributed by atoms with Gasteiger partial charge in [0.1, 0.15) is 13.2 Å². The van der Waals surface area contributed by atoms with Crippen LogP contribution < -0.4 is 0 Å². The Morgan fingerprint density at radius 1 is 0.850 bits per heavy atom. The first kappa shape index (κ1) is 18.3. The Bertz CT molecular complexity index is 350. The van der Waals surface area contributed by atoms with Crippen molar-refractivity contribution in [2.75, 3.05) is 13.2 Å². The van der Waals surface area contributed by atoms with Gasteiger partial charge >= 0.3 is 11.9 Å². The predicted molar refractivity (Wildman–Crippen MR) is 72.8 cm³/mol. The number of carbonyl (C=O) groups is 2. The van der Waals surface area contributed by atoms with Gasteiger partial charge in [-0.1, -0.05) is 11.1 Å². The summed E-state index contributed by atoms with van der Waals surface area (Å²) in [7, 11) is 0. The second-order valence-corrected chi connectivity index (χ2v) is 4.71. The lowest BCUT2D eigenvalue weighted by Crippen LogP contribution is -2.41. The highest BCUT2D eigenvalue weighted by Crippen LogP contribution is 2.01. The van der Waals surface area contributed by atoms with Crippen molar-refractivity contribution in [3.05, 3.63) is 23.3 Å². The molecule has 0 bridgehead atoms. The maximum Gasteiger partial charge on any atom is 0.338 e. The van der Waals surface area contributed by atoms with E-state index in [0.29, 0.717) is 0 Å². The largest absolute Gasteiger partial charge is 0.459 e. The van der Waals surface area contributed by atoms with Gasteiger partial charge in [0.2, 0.25) is 0 Å². The molecule has 0 rings (SSSR count). The number of hydrogen-bond donors (Lipinski definition) is 2. The van der Waals surface area contributed by atoms with Gasteiger partial charge in [0.15, 0.2) is 12.2 Å². The fraction of sp³-hybridized carbons (Fsp3) is 0.571. The molecule has 114 valence electrons. The highest BCUT2D eigenvalue weighted by atomic mass is 16.6. The number of carbonyl (C=O) groups excluding carboxylic acids is 2. The van der Waals surface area contributed by atoms with Crippen LogP contribution in [0.15, 0.2) is 23.3 Å². The van der Waals surface area contributed by atoms with Gasteiger partial charge in [0.25, 0.3) is 0 Å². The van der Waals surface area contributed by atoms with Crippen LogP contribution in [0.4, 0.5) is 0 Å². The molecule has 0 saturated heterocycles. The number of allylic oxidation sites excluding steroid dienone is 2. The lowest BCUT2D eigenvalue weighted by Gasteiger charge is -2.15. The van der Waals surface area contributed by atoms with Crippen LogP contribution in [-0.2, 0) is 19.1 Å². The minimum Gasteiger partial charge on any atom is -0.459 e. The fourth-order valence-electron chi connectivity index (χ4n) is 1.01. The molecule has 0 aliphatic rings. The molecule has 0 heterocycles. The summed E-state index contributed by atoms with van der Waals surface area (Å²) in [6.07, 6.45) is -0.659. The second kappa shape index (κ2) is 9.28. The SMILES string of the molecule is CC(C)=CCOC(=O)C(O)C(O)C(=O)OCC=C(C)C. The quantitative estimate of drug-likeness (QED) is 0.529. The molecule has 6 nitrogen and oxygen atoms in total. The Morgan fingerprint density at radius 3 is 1.40 bits per heavy atom. The van der Waals surface area contributed by atoms with Crippen LogP contribution in [0.2, 0.25) is 0 Å². The van der Waals surface area contributed by atoms with Crippen LogP contribution in [0, 0.1) is 0 Å². The van der Waals surface area contributed by atoms with Crippen LogP contribution in [0.3, 0.4) is 0 Å². The van der Waals surface area contributed by atoms with Gasteiger partial charge in [0, 0.05) is 0 Å². The van der Waals surface area contributed by atoms with Crippen LogP contribution in [0.1, 0.15) is 27.7 Å². The normalized spacial score (nSPS) is 12.9. The van der Waals surface area contributed by atoms with Gasteiger partial charge in [-0.3, -0.25) is 0 Å². The Balaban J connectivity index is 4.27. The first-order valence-corrected chi connectivity index (χ1v) is 6.21. The molecule has 0 aromatic carbocycles. The minimum atomic E-state index is -1.96. The molecule has 0 aliphatic carbocycles. The summed E-state index contributed by atoms with van der Waals surface area (Å²) in [4.78, 5) is 22.7. The van der Waals surface area contributed by atoms with E-state index in [1.165, 1.54) is 0 Å². The van der Waals surface area contributed by atoms with Crippen molar-refractivity contribution < 1.29 is 29.3 Å². The van der Waals surface area contributed by atoms with Gasteiger partial charge in [-0.05, 0) is 39.8 Å². The number of rotatable bonds is 7. The van der Waals surface area contributed by atoms with Crippen molar-refractivity contribution in [2.45, 2.75) is 39.9 Å². The number of hydrogen-bond acceptors (Lipinski definition) is 6. The zero-order valence-electron chi connectivity index (χ0n) is 12.3. The maximum atomic E-state index is 11.4. The molecule has 2 unspecified atom stereocenters. The molecular formula is C14H22O6. The van der Waals surface area contributed by atoms with E-state index >= 15 is 0 Å². The highest BCUT2D eigenvalue weighted by molar-refractivity contribution is 5.85. The van der Waals surface area contributed by atoms with E-state index in [2.05, 4.69) is 9.47 Å². The van der Waals surface area contributed by atoms with E-state index in [9.17, 15) is 19.8 Å². The lowest BCUT2D eigenvalue weighted by atomic mass is 10.2. The average Bonchev–Trinajstić information content (AvgIpc) is 2.35. The molecule has 0 radical (unpaired) electrons. The Kier molecular flexibility index (Phi) is 8.51. The van der Waals surface area contributed by atoms with Crippen LogP contribution in [0.5, 0.6) is 0 Å². The Morgan fingerprint density at radius 2 is 1.15 bits per heavy atom. The third-order valence-electron chi connectivity index (χ3n) is 2.22. The second-order valence-electron chi connectivity index (χ2n) is 4.71. The van der Waals surface area contributed by atoms with Crippen molar-refractivity contribution in [3.8, 4) is 0 Å². The maximum absolute atomic E-state index is 11.4. The summed E-state index contributed by atoms with van der Waals surface area (Å²) in [5, 5.41) is 18.9. The van der Waals surface area contributed by atoms with Crippen LogP contribution in [0.25, 0.3) is 0 Å². The summed E-state index contributed by atoms with van der Waals surface area (Å²) in [5.74, 6) is -2.15. The molecular weight excluding hydrogens is 264 g/mol. The topological polar surface area (TPSA) is 93.1 Å². The molecule has 6 heteroatoms. The monoisotopic (exact) mass is 286 g/mol. The molecule has 20 heavy (non-hydrogen) atoms. The summed E-state index contributed by atoms with van der Waals surface area (Å²) in [6.45, 7) is 7.22. The van der Waals surface area contributed by atoms with Gasteiger partial charge in [0.05, 0.1) is 0 Å². The molecule has 0 saturated carbocycles. The van der Waals surface area contributed by atoms with E-state index in [4.69, 9.17) is 0 Å². The van der Waals surface area contributed by atoms with E-state index in [1.807, 2.05) is 27.7 Å². The summed E-state index contributed by atoms with van der Waals surface area (Å²) in [5.41, 5.74) is 1.88. The average molecular weight is 286 g/mol. The highest BCUT2D eigenvalue weighted by Gasteiger charge is 2.32. The third kappa shape index (κ3) is 7.70. The first-order chi connectivity index (χ1) is 9.25. The zero-order chi connectivity index (χ0) is 15.7. The van der Waals surface area contributed by atoms with Crippen molar-refractivity contribution >= 4 is 11.9 Å². The third-order valence-corrected chi connectivity index (χ3v) is 2.22. The van der Waals surface area contributed by atoms with Gasteiger partial charge in [-0.15, -0.1) is 0 Å². The minimum absolute atomic E-state index is 0.0300.